The van der Waals surface area contributed by atoms with Crippen molar-refractivity contribution in [1.82, 2.24) is 0 Å². The van der Waals surface area contributed by atoms with Crippen LogP contribution in [-0.2, 0) is 4.43 Å². The molecule has 1 unspecified atom stereocenters. The lowest BCUT2D eigenvalue weighted by Gasteiger charge is -2.47. The van der Waals surface area contributed by atoms with Gasteiger partial charge >= 0.3 is 0 Å². The lowest BCUT2D eigenvalue weighted by molar-refractivity contribution is -0.0135. The quantitative estimate of drug-likeness (QED) is 0.484. The van der Waals surface area contributed by atoms with Crippen LogP contribution in [0.4, 0.5) is 0 Å². The molecule has 0 saturated heterocycles. The summed E-state index contributed by atoms with van der Waals surface area (Å²) < 4.78 is 7.32. The second kappa shape index (κ2) is 7.70. The molecule has 1 saturated carbocycles. The highest BCUT2D eigenvalue weighted by atomic mass is 28.4. The maximum atomic E-state index is 11.0. The fourth-order valence-electron chi connectivity index (χ4n) is 6.30. The molecular weight excluding hydrogens is 348 g/mol. The Bertz CT molecular complexity index is 572. The van der Waals surface area contributed by atoms with Gasteiger partial charge in [0.15, 0.2) is 0 Å². The second-order valence-corrected chi connectivity index (χ2v) is 16.4. The molecule has 3 heteroatoms. The summed E-state index contributed by atoms with van der Waals surface area (Å²) in [6, 6.07) is 0. The summed E-state index contributed by atoms with van der Waals surface area (Å²) >= 11 is 0. The molecule has 0 aromatic rings. The van der Waals surface area contributed by atoms with E-state index in [0.29, 0.717) is 22.5 Å². The molecule has 27 heavy (non-hydrogen) atoms. The van der Waals surface area contributed by atoms with E-state index in [4.69, 9.17) is 4.43 Å². The van der Waals surface area contributed by atoms with Gasteiger partial charge in [-0.2, -0.15) is 0 Å². The van der Waals surface area contributed by atoms with Crippen LogP contribution in [0.1, 0.15) is 88.5 Å². The Morgan fingerprint density at radius 1 is 1.11 bits per heavy atom. The topological polar surface area (TPSA) is 29.5 Å². The molecule has 0 amide bonds. The van der Waals surface area contributed by atoms with Crippen molar-refractivity contribution in [3.05, 3.63) is 23.5 Å². The second-order valence-electron chi connectivity index (χ2n) is 11.0. The molecule has 2 aliphatic carbocycles. The summed E-state index contributed by atoms with van der Waals surface area (Å²) in [5.74, 6) is 1.76. The maximum absolute atomic E-state index is 11.0. The molecule has 156 valence electrons. The van der Waals surface area contributed by atoms with Gasteiger partial charge in [-0.3, -0.25) is 0 Å². The predicted octanol–water partition coefficient (Wildman–Crippen LogP) is 7.22. The van der Waals surface area contributed by atoms with Crippen LogP contribution in [0.2, 0.25) is 16.6 Å². The Balaban J connectivity index is 2.61. The monoisotopic (exact) mass is 392 g/mol. The van der Waals surface area contributed by atoms with Crippen molar-refractivity contribution >= 4 is 8.32 Å². The Kier molecular flexibility index (Phi) is 6.49. The highest BCUT2D eigenvalue weighted by Gasteiger charge is 2.55. The van der Waals surface area contributed by atoms with Crippen LogP contribution < -0.4 is 0 Å². The van der Waals surface area contributed by atoms with Gasteiger partial charge in [0.1, 0.15) is 0 Å². The summed E-state index contributed by atoms with van der Waals surface area (Å²) in [5, 5.41) is 11.0. The van der Waals surface area contributed by atoms with Crippen LogP contribution in [0.25, 0.3) is 0 Å². The highest BCUT2D eigenvalue weighted by Crippen LogP contribution is 2.59. The molecule has 0 aliphatic heterocycles. The molecule has 2 rings (SSSR count). The number of aliphatic hydroxyl groups is 1. The lowest BCUT2D eigenvalue weighted by atomic mass is 9.70. The smallest absolute Gasteiger partial charge is 0.258 e. The van der Waals surface area contributed by atoms with Gasteiger partial charge in [0, 0.05) is 5.92 Å². The van der Waals surface area contributed by atoms with Gasteiger partial charge in [-0.25, -0.2) is 0 Å². The fraction of sp³-hybridized carbons (Fsp3) is 0.833. The van der Waals surface area contributed by atoms with E-state index in [0.717, 1.165) is 19.3 Å². The van der Waals surface area contributed by atoms with Gasteiger partial charge in [-0.15, -0.1) is 0 Å². The molecule has 0 bridgehead atoms. The third kappa shape index (κ3) is 3.96. The molecule has 1 N–H and O–H groups in total. The first-order valence-electron chi connectivity index (χ1n) is 11.1. The summed E-state index contributed by atoms with van der Waals surface area (Å²) in [6.45, 7) is 22.8. The van der Waals surface area contributed by atoms with E-state index in [2.05, 4.69) is 67.5 Å². The zero-order chi connectivity index (χ0) is 20.8. The van der Waals surface area contributed by atoms with Crippen molar-refractivity contribution in [3.63, 3.8) is 0 Å². The normalized spacial score (nSPS) is 29.7. The Morgan fingerprint density at radius 3 is 2.07 bits per heavy atom. The maximum Gasteiger partial charge on any atom is 0.258 e. The average molecular weight is 393 g/mol. The zero-order valence-electron chi connectivity index (χ0n) is 19.5. The third-order valence-corrected chi connectivity index (χ3v) is 13.7. The van der Waals surface area contributed by atoms with Gasteiger partial charge in [0.2, 0.25) is 0 Å². The third-order valence-electron chi connectivity index (χ3n) is 7.70. The molecule has 3 atom stereocenters. The van der Waals surface area contributed by atoms with E-state index in [1.807, 2.05) is 13.8 Å². The Hall–Kier alpha value is -0.543. The van der Waals surface area contributed by atoms with Crippen LogP contribution in [0, 0.1) is 17.3 Å². The first-order chi connectivity index (χ1) is 12.3. The number of hydrogen-bond acceptors (Lipinski definition) is 2. The Morgan fingerprint density at radius 2 is 1.63 bits per heavy atom. The molecule has 1 fully saturated rings. The van der Waals surface area contributed by atoms with Crippen LogP contribution >= 0.6 is 0 Å². The first kappa shape index (κ1) is 22.7. The minimum atomic E-state index is -2.03. The summed E-state index contributed by atoms with van der Waals surface area (Å²) in [7, 11) is -2.03. The van der Waals surface area contributed by atoms with Crippen molar-refractivity contribution in [3.8, 4) is 0 Å². The van der Waals surface area contributed by atoms with Crippen LogP contribution in [-0.4, -0.2) is 19.0 Å². The average Bonchev–Trinajstić information content (AvgIpc) is 2.79. The zero-order valence-corrected chi connectivity index (χ0v) is 20.5. The number of hydrogen-bond donors (Lipinski definition) is 1. The van der Waals surface area contributed by atoms with E-state index in [9.17, 15) is 5.11 Å². The van der Waals surface area contributed by atoms with Crippen LogP contribution in [0.5, 0.6) is 0 Å². The van der Waals surface area contributed by atoms with Crippen LogP contribution in [0.3, 0.4) is 0 Å². The van der Waals surface area contributed by atoms with Gasteiger partial charge in [0.25, 0.3) is 8.32 Å². The molecule has 2 aliphatic rings. The van der Waals surface area contributed by atoms with E-state index in [1.54, 1.807) is 0 Å². The molecule has 2 nitrogen and oxygen atoms in total. The fourth-order valence-corrected chi connectivity index (χ4v) is 11.7. The van der Waals surface area contributed by atoms with Gasteiger partial charge in [0.05, 0.1) is 11.4 Å². The molecule has 0 radical (unpaired) electrons. The number of fused-ring (bicyclic) bond motifs is 1. The van der Waals surface area contributed by atoms with Crippen molar-refractivity contribution in [2.24, 2.45) is 17.3 Å². The lowest BCUT2D eigenvalue weighted by Crippen LogP contribution is -2.50. The van der Waals surface area contributed by atoms with Crippen molar-refractivity contribution in [1.29, 1.82) is 0 Å². The van der Waals surface area contributed by atoms with Crippen molar-refractivity contribution in [2.45, 2.75) is 111 Å². The summed E-state index contributed by atoms with van der Waals surface area (Å²) in [5.41, 5.74) is 2.44. The van der Waals surface area contributed by atoms with Gasteiger partial charge in [-0.05, 0) is 73.6 Å². The van der Waals surface area contributed by atoms with Crippen molar-refractivity contribution < 1.29 is 9.53 Å². The summed E-state index contributed by atoms with van der Waals surface area (Å²) in [6.07, 6.45) is 7.94. The molecule has 0 aromatic carbocycles. The minimum Gasteiger partial charge on any atom is -0.545 e. The molecular formula is C24H44O2Si. The van der Waals surface area contributed by atoms with E-state index < -0.39 is 13.9 Å². The molecule has 0 aromatic heterocycles. The molecule has 0 spiro atoms. The largest absolute Gasteiger partial charge is 0.545 e. The number of rotatable bonds is 6. The van der Waals surface area contributed by atoms with Crippen LogP contribution in [0.15, 0.2) is 23.5 Å². The minimum absolute atomic E-state index is 0.180. The van der Waals surface area contributed by atoms with E-state index >= 15 is 0 Å². The SMILES string of the molecule is CC1=C(O[Si](C(C)C)(C(C)C)C(C)C)[C@H]2C(C(C)(C)O)CC[C@@]2(C)CC=C1. The van der Waals surface area contributed by atoms with Crippen molar-refractivity contribution in [2.75, 3.05) is 0 Å². The first-order valence-corrected chi connectivity index (χ1v) is 13.2. The molecule has 0 heterocycles. The van der Waals surface area contributed by atoms with Gasteiger partial charge in [-0.1, -0.05) is 60.6 Å². The van der Waals surface area contributed by atoms with E-state index in [-0.39, 0.29) is 11.3 Å². The van der Waals surface area contributed by atoms with E-state index in [1.165, 1.54) is 11.3 Å². The predicted molar refractivity (Wildman–Crippen MR) is 119 cm³/mol. The number of allylic oxidation sites excluding steroid dienone is 4. The van der Waals surface area contributed by atoms with Gasteiger partial charge < -0.3 is 9.53 Å². The summed E-state index contributed by atoms with van der Waals surface area (Å²) in [4.78, 5) is 0. The standard InChI is InChI=1S/C24H44O2Si/c1-16(2)27(17(3)4,18(5)6)26-22-19(7)12-11-14-24(10)15-13-20(21(22)24)23(8,9)25/h11-12,16-18,20-21,25H,13-15H2,1-10H3/t20?,21-,24-/m1/s1. The highest BCUT2D eigenvalue weighted by molar-refractivity contribution is 6.77. The Labute approximate surface area is 169 Å².